The maximum atomic E-state index is 12.7. The molecule has 2 aromatic carbocycles. The van der Waals surface area contributed by atoms with E-state index in [9.17, 15) is 14.4 Å². The van der Waals surface area contributed by atoms with E-state index in [0.717, 1.165) is 5.56 Å². The summed E-state index contributed by atoms with van der Waals surface area (Å²) < 4.78 is 4.97. The molecule has 0 radical (unpaired) electrons. The third-order valence-corrected chi connectivity index (χ3v) is 5.69. The van der Waals surface area contributed by atoms with Gasteiger partial charge in [-0.3, -0.25) is 14.5 Å². The van der Waals surface area contributed by atoms with Gasteiger partial charge in [0.15, 0.2) is 5.17 Å². The van der Waals surface area contributed by atoms with E-state index in [1.807, 2.05) is 31.2 Å². The zero-order valence-corrected chi connectivity index (χ0v) is 17.9. The van der Waals surface area contributed by atoms with E-state index in [-0.39, 0.29) is 18.2 Å². The lowest BCUT2D eigenvalue weighted by Gasteiger charge is -2.28. The molecule has 7 nitrogen and oxygen atoms in total. The molecule has 2 aromatic rings. The van der Waals surface area contributed by atoms with Crippen LogP contribution >= 0.6 is 11.8 Å². The molecule has 0 aromatic heterocycles. The summed E-state index contributed by atoms with van der Waals surface area (Å²) in [5, 5.41) is 2.72. The number of rotatable bonds is 5. The third-order valence-electron chi connectivity index (χ3n) is 4.45. The molecule has 8 heteroatoms. The Labute approximate surface area is 179 Å². The quantitative estimate of drug-likeness (QED) is 0.737. The summed E-state index contributed by atoms with van der Waals surface area (Å²) in [6.07, 6.45) is 0.0969. The van der Waals surface area contributed by atoms with E-state index in [1.165, 1.54) is 16.7 Å². The number of benzene rings is 2. The Morgan fingerprint density at radius 3 is 2.63 bits per heavy atom. The number of esters is 1. The van der Waals surface area contributed by atoms with Crippen molar-refractivity contribution in [3.63, 3.8) is 0 Å². The van der Waals surface area contributed by atoms with Crippen molar-refractivity contribution in [2.45, 2.75) is 25.5 Å². The highest BCUT2D eigenvalue weighted by Crippen LogP contribution is 2.29. The van der Waals surface area contributed by atoms with Gasteiger partial charge in [0.1, 0.15) is 5.25 Å². The molecule has 0 aliphatic carbocycles. The van der Waals surface area contributed by atoms with Crippen LogP contribution in [0.1, 0.15) is 29.3 Å². The van der Waals surface area contributed by atoms with Gasteiger partial charge < -0.3 is 10.1 Å². The molecule has 1 fully saturated rings. The maximum Gasteiger partial charge on any atom is 0.338 e. The number of aryl methyl sites for hydroxylation is 1. The van der Waals surface area contributed by atoms with Crippen LogP contribution in [0.3, 0.4) is 0 Å². The average Bonchev–Trinajstić information content (AvgIpc) is 2.72. The molecule has 0 spiro atoms. The molecule has 1 heterocycles. The minimum absolute atomic E-state index is 0.0969. The first-order valence-corrected chi connectivity index (χ1v) is 10.4. The van der Waals surface area contributed by atoms with E-state index in [0.29, 0.717) is 28.7 Å². The molecular weight excluding hydrogens is 402 g/mol. The second kappa shape index (κ2) is 9.58. The van der Waals surface area contributed by atoms with E-state index < -0.39 is 11.2 Å². The van der Waals surface area contributed by atoms with Gasteiger partial charge in [-0.2, -0.15) is 0 Å². The summed E-state index contributed by atoms with van der Waals surface area (Å²) in [5.74, 6) is -0.818. The lowest BCUT2D eigenvalue weighted by molar-refractivity contribution is -0.128. The van der Waals surface area contributed by atoms with Crippen LogP contribution in [0.25, 0.3) is 0 Å². The normalized spacial score (nSPS) is 17.7. The number of nitrogens with zero attached hydrogens (tertiary/aromatic N) is 2. The Kier molecular flexibility index (Phi) is 6.89. The molecule has 30 heavy (non-hydrogen) atoms. The second-order valence-corrected chi connectivity index (χ2v) is 7.95. The van der Waals surface area contributed by atoms with Crippen LogP contribution in [0.15, 0.2) is 53.5 Å². The van der Waals surface area contributed by atoms with E-state index in [1.54, 1.807) is 38.2 Å². The summed E-state index contributed by atoms with van der Waals surface area (Å²) in [4.78, 5) is 42.8. The number of hydrogen-bond donors (Lipinski definition) is 1. The predicted molar refractivity (Wildman–Crippen MR) is 118 cm³/mol. The smallest absolute Gasteiger partial charge is 0.338 e. The van der Waals surface area contributed by atoms with Gasteiger partial charge in [0.05, 0.1) is 17.9 Å². The van der Waals surface area contributed by atoms with Crippen molar-refractivity contribution < 1.29 is 19.1 Å². The van der Waals surface area contributed by atoms with E-state index in [2.05, 4.69) is 10.3 Å². The lowest BCUT2D eigenvalue weighted by Crippen LogP contribution is -2.43. The van der Waals surface area contributed by atoms with Gasteiger partial charge in [0, 0.05) is 19.2 Å². The van der Waals surface area contributed by atoms with Crippen LogP contribution in [0.4, 0.5) is 11.4 Å². The molecule has 1 aliphatic rings. The number of carbonyl (C=O) groups is 3. The van der Waals surface area contributed by atoms with Gasteiger partial charge in [-0.05, 0) is 55.8 Å². The number of ether oxygens (including phenoxy) is 1. The van der Waals surface area contributed by atoms with Gasteiger partial charge in [-0.15, -0.1) is 0 Å². The molecular formula is C22H23N3O4S. The average molecular weight is 426 g/mol. The number of carbonyl (C=O) groups excluding carboxylic acids is 3. The minimum Gasteiger partial charge on any atom is -0.462 e. The Morgan fingerprint density at radius 2 is 1.97 bits per heavy atom. The van der Waals surface area contributed by atoms with E-state index >= 15 is 0 Å². The Morgan fingerprint density at radius 1 is 1.23 bits per heavy atom. The monoisotopic (exact) mass is 425 g/mol. The van der Waals surface area contributed by atoms with Crippen molar-refractivity contribution in [1.29, 1.82) is 0 Å². The second-order valence-electron chi connectivity index (χ2n) is 6.78. The molecule has 0 bridgehead atoms. The number of anilines is 1. The van der Waals surface area contributed by atoms with Crippen molar-refractivity contribution in [3.8, 4) is 0 Å². The molecule has 156 valence electrons. The van der Waals surface area contributed by atoms with Gasteiger partial charge >= 0.3 is 5.97 Å². The topological polar surface area (TPSA) is 88.1 Å². The van der Waals surface area contributed by atoms with Gasteiger partial charge in [0.2, 0.25) is 11.8 Å². The van der Waals surface area contributed by atoms with Gasteiger partial charge in [0.25, 0.3) is 0 Å². The zero-order chi connectivity index (χ0) is 21.7. The first-order chi connectivity index (χ1) is 14.4. The Hall–Kier alpha value is -3.13. The highest BCUT2D eigenvalue weighted by atomic mass is 32.2. The number of aliphatic imine (C=N–C) groups is 1. The van der Waals surface area contributed by atoms with Gasteiger partial charge in [-0.25, -0.2) is 9.79 Å². The molecule has 2 amide bonds. The first kappa shape index (κ1) is 21.6. The Balaban J connectivity index is 1.74. The van der Waals surface area contributed by atoms with Crippen LogP contribution < -0.4 is 5.32 Å². The summed E-state index contributed by atoms with van der Waals surface area (Å²) in [5.41, 5.74) is 2.73. The highest BCUT2D eigenvalue weighted by molar-refractivity contribution is 8.15. The molecule has 1 aliphatic heterocycles. The molecule has 1 saturated heterocycles. The molecule has 1 N–H and O–H groups in total. The number of amides is 2. The van der Waals surface area contributed by atoms with Gasteiger partial charge in [-0.1, -0.05) is 23.9 Å². The number of nitrogens with one attached hydrogen (secondary N) is 1. The van der Waals surface area contributed by atoms with Crippen molar-refractivity contribution in [1.82, 2.24) is 4.90 Å². The summed E-state index contributed by atoms with van der Waals surface area (Å²) in [6.45, 7) is 4.00. The fraction of sp³-hybridized carbons (Fsp3) is 0.273. The number of amidine groups is 1. The summed E-state index contributed by atoms with van der Waals surface area (Å²) in [7, 11) is 1.63. The molecule has 0 unspecified atom stereocenters. The SMILES string of the molecule is CCOC(=O)c1ccc(N=C2S[C@@H](C(=O)Nc3cccc(C)c3)CC(=O)N2C)cc1. The van der Waals surface area contributed by atoms with E-state index in [4.69, 9.17) is 4.74 Å². The molecule has 1 atom stereocenters. The van der Waals surface area contributed by atoms with Crippen LogP contribution in [-0.2, 0) is 14.3 Å². The first-order valence-electron chi connectivity index (χ1n) is 9.54. The van der Waals surface area contributed by atoms with Crippen molar-refractivity contribution in [2.75, 3.05) is 19.0 Å². The van der Waals surface area contributed by atoms with Crippen molar-refractivity contribution in [3.05, 3.63) is 59.7 Å². The Bertz CT molecular complexity index is 988. The largest absolute Gasteiger partial charge is 0.462 e. The lowest BCUT2D eigenvalue weighted by atomic mass is 10.2. The van der Waals surface area contributed by atoms with Crippen LogP contribution in [-0.4, -0.2) is 46.8 Å². The molecule has 3 rings (SSSR count). The summed E-state index contributed by atoms with van der Waals surface area (Å²) in [6, 6.07) is 14.1. The minimum atomic E-state index is -0.577. The standard InChI is InChI=1S/C22H23N3O4S/c1-4-29-21(28)15-8-10-16(11-9-15)24-22-25(3)19(26)13-18(30-22)20(27)23-17-7-5-6-14(2)12-17/h5-12,18H,4,13H2,1-3H3,(H,23,27)/t18-/m1/s1. The van der Waals surface area contributed by atoms with Crippen molar-refractivity contribution >= 4 is 46.1 Å². The summed E-state index contributed by atoms with van der Waals surface area (Å²) >= 11 is 1.24. The molecule has 0 saturated carbocycles. The van der Waals surface area contributed by atoms with Crippen molar-refractivity contribution in [2.24, 2.45) is 4.99 Å². The van der Waals surface area contributed by atoms with Crippen LogP contribution in [0.2, 0.25) is 0 Å². The highest BCUT2D eigenvalue weighted by Gasteiger charge is 2.34. The number of hydrogen-bond acceptors (Lipinski definition) is 6. The van der Waals surface area contributed by atoms with Crippen LogP contribution in [0.5, 0.6) is 0 Å². The fourth-order valence-electron chi connectivity index (χ4n) is 2.84. The maximum absolute atomic E-state index is 12.7. The van der Waals surface area contributed by atoms with Crippen LogP contribution in [0, 0.1) is 6.92 Å². The predicted octanol–water partition coefficient (Wildman–Crippen LogP) is 3.76. The fourth-order valence-corrected chi connectivity index (χ4v) is 3.90. The zero-order valence-electron chi connectivity index (χ0n) is 17.0. The third kappa shape index (κ3) is 5.27. The number of thioether (sulfide) groups is 1.